The van der Waals surface area contributed by atoms with Crippen LogP contribution in [0.25, 0.3) is 0 Å². The summed E-state index contributed by atoms with van der Waals surface area (Å²) in [5, 5.41) is 0. The highest BCUT2D eigenvalue weighted by Gasteiger charge is 2.19. The molecule has 0 bridgehead atoms. The van der Waals surface area contributed by atoms with Gasteiger partial charge in [0.15, 0.2) is 6.10 Å². The summed E-state index contributed by atoms with van der Waals surface area (Å²) >= 11 is 0. The summed E-state index contributed by atoms with van der Waals surface area (Å²) in [5.74, 6) is -0.861. The molecule has 0 heterocycles. The van der Waals surface area contributed by atoms with Crippen LogP contribution in [0.4, 0.5) is 0 Å². The zero-order valence-corrected chi connectivity index (χ0v) is 54.8. The summed E-state index contributed by atoms with van der Waals surface area (Å²) in [4.78, 5) is 38.0. The number of carbonyl (C=O) groups is 3. The first-order chi connectivity index (χ1) is 40.5. The fraction of sp³-hybridized carbons (Fsp3) is 0.803. The molecule has 0 saturated carbocycles. The highest BCUT2D eigenvalue weighted by Crippen LogP contribution is 2.18. The molecule has 0 radical (unpaired) electrons. The number of ether oxygens (including phenoxy) is 3. The van der Waals surface area contributed by atoms with E-state index >= 15 is 0 Å². The van der Waals surface area contributed by atoms with E-state index in [4.69, 9.17) is 14.2 Å². The van der Waals surface area contributed by atoms with Gasteiger partial charge in [-0.25, -0.2) is 0 Å². The molecule has 0 rings (SSSR count). The normalized spacial score (nSPS) is 12.5. The van der Waals surface area contributed by atoms with Crippen molar-refractivity contribution in [1.29, 1.82) is 0 Å². The molecule has 0 aromatic carbocycles. The number of hydrogen-bond acceptors (Lipinski definition) is 6. The van der Waals surface area contributed by atoms with Gasteiger partial charge in [0.1, 0.15) is 13.2 Å². The fourth-order valence-electron chi connectivity index (χ4n) is 10.6. The van der Waals surface area contributed by atoms with E-state index in [1.54, 1.807) is 0 Å². The summed E-state index contributed by atoms with van der Waals surface area (Å²) in [6, 6.07) is 0. The first-order valence-corrected chi connectivity index (χ1v) is 35.9. The molecule has 1 atom stereocenters. The number of esters is 3. The number of hydrogen-bond donors (Lipinski definition) is 0. The van der Waals surface area contributed by atoms with Crippen molar-refractivity contribution in [3.8, 4) is 0 Å². The lowest BCUT2D eigenvalue weighted by Gasteiger charge is -2.18. The molecule has 0 aliphatic heterocycles. The van der Waals surface area contributed by atoms with Gasteiger partial charge in [0.25, 0.3) is 0 Å². The van der Waals surface area contributed by atoms with Crippen molar-refractivity contribution in [3.05, 3.63) is 72.9 Å². The van der Waals surface area contributed by atoms with E-state index in [1.165, 1.54) is 231 Å². The molecule has 82 heavy (non-hydrogen) atoms. The van der Waals surface area contributed by atoms with Gasteiger partial charge in [-0.05, 0) is 70.6 Å². The van der Waals surface area contributed by atoms with Crippen molar-refractivity contribution in [2.75, 3.05) is 13.2 Å². The van der Waals surface area contributed by atoms with E-state index in [0.717, 1.165) is 103 Å². The summed E-state index contributed by atoms with van der Waals surface area (Å²) in [5.41, 5.74) is 0. The maximum Gasteiger partial charge on any atom is 0.306 e. The quantitative estimate of drug-likeness (QED) is 0.0261. The molecule has 0 aliphatic rings. The highest BCUT2D eigenvalue weighted by molar-refractivity contribution is 5.71. The lowest BCUT2D eigenvalue weighted by molar-refractivity contribution is -0.167. The van der Waals surface area contributed by atoms with Gasteiger partial charge in [-0.15, -0.1) is 0 Å². The SMILES string of the molecule is CC/C=C\C/C=C\C/C=C\C/C=C\C/C=C\C/C=C\CCCCCCCCCCCCCCCCCCC(=O)OCC(COC(=O)CCCCCCC)OC(=O)CCCCCCCCCCCCCCCCCCCCCCCCCC. The lowest BCUT2D eigenvalue weighted by Crippen LogP contribution is -2.30. The minimum absolute atomic E-state index is 0.0693. The first kappa shape index (κ1) is 78.8. The third kappa shape index (κ3) is 67.6. The Hall–Kier alpha value is -3.15. The van der Waals surface area contributed by atoms with Crippen LogP contribution in [-0.2, 0) is 28.6 Å². The third-order valence-electron chi connectivity index (χ3n) is 16.0. The van der Waals surface area contributed by atoms with Gasteiger partial charge in [-0.2, -0.15) is 0 Å². The molecular weight excluding hydrogens is 1010 g/mol. The molecule has 6 nitrogen and oxygen atoms in total. The van der Waals surface area contributed by atoms with Gasteiger partial charge in [-0.1, -0.05) is 357 Å². The van der Waals surface area contributed by atoms with Crippen molar-refractivity contribution < 1.29 is 28.6 Å². The molecule has 1 unspecified atom stereocenters. The van der Waals surface area contributed by atoms with Crippen LogP contribution in [0.3, 0.4) is 0 Å². The molecule has 0 N–H and O–H groups in total. The van der Waals surface area contributed by atoms with E-state index in [0.29, 0.717) is 19.3 Å². The number of rotatable bonds is 66. The molecule has 6 heteroatoms. The molecule has 0 aliphatic carbocycles. The monoisotopic (exact) mass is 1150 g/mol. The van der Waals surface area contributed by atoms with Crippen molar-refractivity contribution in [2.45, 2.75) is 380 Å². The molecule has 0 aromatic rings. The van der Waals surface area contributed by atoms with Crippen LogP contribution in [-0.4, -0.2) is 37.2 Å². The molecule has 476 valence electrons. The second-order valence-electron chi connectivity index (χ2n) is 24.1. The Morgan fingerprint density at radius 2 is 0.476 bits per heavy atom. The number of unbranched alkanes of at least 4 members (excludes halogenated alkanes) is 43. The predicted octanol–water partition coefficient (Wildman–Crippen LogP) is 24.8. The Balaban J connectivity index is 3.92. The van der Waals surface area contributed by atoms with Crippen molar-refractivity contribution >= 4 is 17.9 Å². The fourth-order valence-corrected chi connectivity index (χ4v) is 10.6. The van der Waals surface area contributed by atoms with E-state index < -0.39 is 6.10 Å². The third-order valence-corrected chi connectivity index (χ3v) is 16.0. The van der Waals surface area contributed by atoms with Gasteiger partial charge < -0.3 is 14.2 Å². The van der Waals surface area contributed by atoms with Gasteiger partial charge in [0.2, 0.25) is 0 Å². The van der Waals surface area contributed by atoms with E-state index in [1.807, 2.05) is 0 Å². The van der Waals surface area contributed by atoms with Gasteiger partial charge in [-0.3, -0.25) is 14.4 Å². The number of carbonyl (C=O) groups excluding carboxylic acids is 3. The summed E-state index contributed by atoms with van der Waals surface area (Å²) in [6.45, 7) is 6.50. The van der Waals surface area contributed by atoms with Gasteiger partial charge in [0, 0.05) is 19.3 Å². The van der Waals surface area contributed by atoms with Crippen LogP contribution < -0.4 is 0 Å². The van der Waals surface area contributed by atoms with E-state index in [9.17, 15) is 14.4 Å². The van der Waals surface area contributed by atoms with Crippen LogP contribution in [0, 0.1) is 0 Å². The first-order valence-electron chi connectivity index (χ1n) is 35.9. The maximum atomic E-state index is 12.9. The molecule has 0 aromatic heterocycles. The lowest BCUT2D eigenvalue weighted by atomic mass is 10.0. The second-order valence-corrected chi connectivity index (χ2v) is 24.1. The van der Waals surface area contributed by atoms with Crippen molar-refractivity contribution in [3.63, 3.8) is 0 Å². The van der Waals surface area contributed by atoms with Gasteiger partial charge >= 0.3 is 17.9 Å². The minimum Gasteiger partial charge on any atom is -0.462 e. The van der Waals surface area contributed by atoms with Crippen LogP contribution in [0.15, 0.2) is 72.9 Å². The molecule has 0 fully saturated rings. The Bertz CT molecular complexity index is 1500. The Morgan fingerprint density at radius 1 is 0.256 bits per heavy atom. The largest absolute Gasteiger partial charge is 0.462 e. The molecular formula is C76H136O6. The molecule has 0 saturated heterocycles. The zero-order chi connectivity index (χ0) is 59.2. The topological polar surface area (TPSA) is 78.9 Å². The molecule has 0 spiro atoms. The molecule has 0 amide bonds. The Labute approximate surface area is 510 Å². The second kappa shape index (κ2) is 70.3. The average Bonchev–Trinajstić information content (AvgIpc) is 3.48. The van der Waals surface area contributed by atoms with Crippen LogP contribution in [0.5, 0.6) is 0 Å². The van der Waals surface area contributed by atoms with Crippen molar-refractivity contribution in [2.24, 2.45) is 0 Å². The van der Waals surface area contributed by atoms with E-state index in [-0.39, 0.29) is 31.1 Å². The van der Waals surface area contributed by atoms with Crippen molar-refractivity contribution in [1.82, 2.24) is 0 Å². The smallest absolute Gasteiger partial charge is 0.306 e. The standard InChI is InChI=1S/C76H136O6/c1-4-7-10-13-15-17-19-21-23-25-27-29-31-33-34-35-36-37-38-39-40-41-42-43-45-46-48-50-52-54-56-58-60-63-66-69-75(78)81-72-73(71-80-74(77)68-65-62-12-9-6-3)82-76(79)70-67-64-61-59-57-55-53-51-49-47-44-32-30-28-26-24-22-20-18-16-14-11-8-5-2/h7,10,15,17,21,23,27,29,33-34,36-37,73H,4-6,8-9,11-14,16,18-20,22,24-26,28,30-32,35,38-72H2,1-3H3/b10-7-,17-15-,23-21-,29-27-,34-33-,37-36-. The van der Waals surface area contributed by atoms with Crippen LogP contribution >= 0.6 is 0 Å². The van der Waals surface area contributed by atoms with Gasteiger partial charge in [0.05, 0.1) is 0 Å². The highest BCUT2D eigenvalue weighted by atomic mass is 16.6. The van der Waals surface area contributed by atoms with Crippen LogP contribution in [0.1, 0.15) is 374 Å². The summed E-state index contributed by atoms with van der Waals surface area (Å²) in [7, 11) is 0. The summed E-state index contributed by atoms with van der Waals surface area (Å²) < 4.78 is 16.8. The zero-order valence-electron chi connectivity index (χ0n) is 54.8. The summed E-state index contributed by atoms with van der Waals surface area (Å²) in [6.07, 6.45) is 92.8. The minimum atomic E-state index is -0.768. The Kier molecular flexibility index (Phi) is 67.6. The van der Waals surface area contributed by atoms with Crippen LogP contribution in [0.2, 0.25) is 0 Å². The average molecular weight is 1150 g/mol. The number of allylic oxidation sites excluding steroid dienone is 12. The maximum absolute atomic E-state index is 12.9. The predicted molar refractivity (Wildman–Crippen MR) is 358 cm³/mol. The Morgan fingerprint density at radius 3 is 0.744 bits per heavy atom. The van der Waals surface area contributed by atoms with E-state index in [2.05, 4.69) is 93.7 Å².